The molecule has 3 aromatic rings. The molecule has 0 atom stereocenters. The van der Waals surface area contributed by atoms with Crippen LogP contribution in [0.2, 0.25) is 0 Å². The van der Waals surface area contributed by atoms with Crippen LogP contribution in [0.15, 0.2) is 54.7 Å². The topological polar surface area (TPSA) is 79.4 Å². The van der Waals surface area contributed by atoms with E-state index in [1.165, 1.54) is 11.0 Å². The van der Waals surface area contributed by atoms with Gasteiger partial charge in [-0.15, -0.1) is 0 Å². The monoisotopic (exact) mass is 399 g/mol. The number of pyridine rings is 1. The van der Waals surface area contributed by atoms with Gasteiger partial charge in [-0.1, -0.05) is 37.5 Å². The minimum absolute atomic E-state index is 0.0351. The van der Waals surface area contributed by atoms with E-state index >= 15 is 0 Å². The molecule has 1 aliphatic carbocycles. The molecule has 150 valence electrons. The van der Waals surface area contributed by atoms with Crippen molar-refractivity contribution < 1.29 is 14.4 Å². The average Bonchev–Trinajstić information content (AvgIpc) is 3.04. The van der Waals surface area contributed by atoms with Gasteiger partial charge in [-0.3, -0.25) is 24.3 Å². The first-order valence-corrected chi connectivity index (χ1v) is 10.3. The smallest absolute Gasteiger partial charge is 0.261 e. The molecule has 5 rings (SSSR count). The number of imide groups is 1. The highest BCUT2D eigenvalue weighted by Crippen LogP contribution is 2.31. The molecule has 2 aromatic carbocycles. The average molecular weight is 399 g/mol. The van der Waals surface area contributed by atoms with Crippen LogP contribution in [0.1, 0.15) is 63.2 Å². The zero-order valence-corrected chi connectivity index (χ0v) is 16.4. The molecule has 1 aromatic heterocycles. The SMILES string of the molecule is O=C(Nc1cnc2ccccc2c1)c1ccc2c(c1)C(=O)N(C1CCCCC1)C2=O. The van der Waals surface area contributed by atoms with Crippen LogP contribution in [-0.2, 0) is 0 Å². The number of hydrogen-bond donors (Lipinski definition) is 1. The Morgan fingerprint density at radius 1 is 0.933 bits per heavy atom. The number of amides is 3. The van der Waals surface area contributed by atoms with E-state index in [-0.39, 0.29) is 23.8 Å². The lowest BCUT2D eigenvalue weighted by atomic mass is 9.94. The second kappa shape index (κ2) is 7.37. The first kappa shape index (κ1) is 18.5. The molecule has 1 N–H and O–H groups in total. The van der Waals surface area contributed by atoms with Crippen LogP contribution < -0.4 is 5.32 Å². The summed E-state index contributed by atoms with van der Waals surface area (Å²) in [6.45, 7) is 0. The molecule has 2 heterocycles. The van der Waals surface area contributed by atoms with Gasteiger partial charge in [-0.25, -0.2) is 0 Å². The van der Waals surface area contributed by atoms with Gasteiger partial charge in [0.15, 0.2) is 0 Å². The van der Waals surface area contributed by atoms with E-state index in [2.05, 4.69) is 10.3 Å². The maximum absolute atomic E-state index is 12.9. The third kappa shape index (κ3) is 3.14. The van der Waals surface area contributed by atoms with Crippen LogP contribution in [0.5, 0.6) is 0 Å². The number of aromatic nitrogens is 1. The quantitative estimate of drug-likeness (QED) is 0.662. The molecule has 6 nitrogen and oxygen atoms in total. The van der Waals surface area contributed by atoms with E-state index in [1.54, 1.807) is 18.3 Å². The van der Waals surface area contributed by atoms with E-state index in [1.807, 2.05) is 30.3 Å². The molecular formula is C24H21N3O3. The maximum Gasteiger partial charge on any atom is 0.261 e. The van der Waals surface area contributed by atoms with Crippen LogP contribution in [0, 0.1) is 0 Å². The number of anilines is 1. The number of nitrogens with zero attached hydrogens (tertiary/aromatic N) is 2. The van der Waals surface area contributed by atoms with Crippen molar-refractivity contribution in [2.75, 3.05) is 5.32 Å². The van der Waals surface area contributed by atoms with Gasteiger partial charge in [0.2, 0.25) is 0 Å². The molecule has 1 fully saturated rings. The fourth-order valence-electron chi connectivity index (χ4n) is 4.41. The number of carbonyl (C=O) groups is 3. The molecule has 1 aliphatic heterocycles. The standard InChI is InChI=1S/C24H21N3O3/c28-22(26-17-12-15-6-4-5-9-21(15)25-14-17)16-10-11-19-20(13-16)24(30)27(23(19)29)18-7-2-1-3-8-18/h4-6,9-14,18H,1-3,7-8H2,(H,26,28). The number of fused-ring (bicyclic) bond motifs is 2. The summed E-state index contributed by atoms with van der Waals surface area (Å²) in [5.74, 6) is -0.872. The Morgan fingerprint density at radius 3 is 2.53 bits per heavy atom. The summed E-state index contributed by atoms with van der Waals surface area (Å²) < 4.78 is 0. The first-order valence-electron chi connectivity index (χ1n) is 10.3. The third-order valence-electron chi connectivity index (χ3n) is 5.97. The fourth-order valence-corrected chi connectivity index (χ4v) is 4.41. The largest absolute Gasteiger partial charge is 0.321 e. The summed E-state index contributed by atoms with van der Waals surface area (Å²) in [5, 5.41) is 3.76. The van der Waals surface area contributed by atoms with Crippen LogP contribution in [0.4, 0.5) is 5.69 Å². The highest BCUT2D eigenvalue weighted by Gasteiger charge is 2.40. The maximum atomic E-state index is 12.9. The second-order valence-electron chi connectivity index (χ2n) is 7.90. The summed E-state index contributed by atoms with van der Waals surface area (Å²) in [6.07, 6.45) is 6.53. The molecule has 0 unspecified atom stereocenters. The van der Waals surface area contributed by atoms with Gasteiger partial charge in [0.25, 0.3) is 17.7 Å². The zero-order chi connectivity index (χ0) is 20.7. The minimum Gasteiger partial charge on any atom is -0.321 e. The Balaban J connectivity index is 1.39. The Hall–Kier alpha value is -3.54. The van der Waals surface area contributed by atoms with Gasteiger partial charge in [0.1, 0.15) is 0 Å². The van der Waals surface area contributed by atoms with Gasteiger partial charge < -0.3 is 5.32 Å². The number of rotatable bonds is 3. The summed E-state index contributed by atoms with van der Waals surface area (Å²) in [4.78, 5) is 44.3. The molecule has 0 spiro atoms. The normalized spacial score (nSPS) is 16.7. The van der Waals surface area contributed by atoms with Crippen LogP contribution in [0.25, 0.3) is 10.9 Å². The van der Waals surface area contributed by atoms with E-state index < -0.39 is 0 Å². The van der Waals surface area contributed by atoms with Crippen LogP contribution in [-0.4, -0.2) is 33.6 Å². The van der Waals surface area contributed by atoms with Crippen LogP contribution >= 0.6 is 0 Å². The van der Waals surface area contributed by atoms with Crippen molar-refractivity contribution in [3.8, 4) is 0 Å². The summed E-state index contributed by atoms with van der Waals surface area (Å²) in [6, 6.07) is 14.2. The third-order valence-corrected chi connectivity index (χ3v) is 5.97. The molecule has 1 saturated carbocycles. The van der Waals surface area contributed by atoms with E-state index in [0.29, 0.717) is 22.4 Å². The summed E-state index contributed by atoms with van der Waals surface area (Å²) in [5.41, 5.74) is 2.46. The molecule has 0 saturated heterocycles. The highest BCUT2D eigenvalue weighted by molar-refractivity contribution is 6.22. The molecule has 6 heteroatoms. The molecule has 30 heavy (non-hydrogen) atoms. The predicted molar refractivity (Wildman–Crippen MR) is 114 cm³/mol. The predicted octanol–water partition coefficient (Wildman–Crippen LogP) is 4.42. The van der Waals surface area contributed by atoms with Crippen molar-refractivity contribution in [2.45, 2.75) is 38.1 Å². The number of para-hydroxylation sites is 1. The molecule has 0 radical (unpaired) electrons. The van der Waals surface area contributed by atoms with Gasteiger partial charge in [-0.05, 0) is 43.2 Å². The lowest BCUT2D eigenvalue weighted by Crippen LogP contribution is -2.40. The fraction of sp³-hybridized carbons (Fsp3) is 0.250. The highest BCUT2D eigenvalue weighted by atomic mass is 16.2. The first-order chi connectivity index (χ1) is 14.6. The zero-order valence-electron chi connectivity index (χ0n) is 16.4. The summed E-state index contributed by atoms with van der Waals surface area (Å²) >= 11 is 0. The van der Waals surface area contributed by atoms with Gasteiger partial charge in [-0.2, -0.15) is 0 Å². The van der Waals surface area contributed by atoms with Crippen molar-refractivity contribution in [3.63, 3.8) is 0 Å². The van der Waals surface area contributed by atoms with Crippen molar-refractivity contribution in [2.24, 2.45) is 0 Å². The number of hydrogen-bond acceptors (Lipinski definition) is 4. The molecule has 3 amide bonds. The Labute approximate surface area is 173 Å². The van der Waals surface area contributed by atoms with Crippen LogP contribution in [0.3, 0.4) is 0 Å². The molecule has 2 aliphatic rings. The summed E-state index contributed by atoms with van der Waals surface area (Å²) in [7, 11) is 0. The van der Waals surface area contributed by atoms with Crippen molar-refractivity contribution in [1.82, 2.24) is 9.88 Å². The van der Waals surface area contributed by atoms with Gasteiger partial charge in [0, 0.05) is 17.0 Å². The second-order valence-corrected chi connectivity index (χ2v) is 7.90. The molecular weight excluding hydrogens is 378 g/mol. The van der Waals surface area contributed by atoms with Gasteiger partial charge in [0.05, 0.1) is 28.5 Å². The van der Waals surface area contributed by atoms with E-state index in [9.17, 15) is 14.4 Å². The Kier molecular flexibility index (Phi) is 4.54. The number of carbonyl (C=O) groups excluding carboxylic acids is 3. The number of benzene rings is 2. The number of nitrogens with one attached hydrogen (secondary N) is 1. The lowest BCUT2D eigenvalue weighted by molar-refractivity contribution is 0.0549. The van der Waals surface area contributed by atoms with Gasteiger partial charge >= 0.3 is 0 Å². The van der Waals surface area contributed by atoms with Crippen molar-refractivity contribution in [1.29, 1.82) is 0 Å². The van der Waals surface area contributed by atoms with Crippen molar-refractivity contribution in [3.05, 3.63) is 71.4 Å². The lowest BCUT2D eigenvalue weighted by Gasteiger charge is -2.29. The van der Waals surface area contributed by atoms with E-state index in [4.69, 9.17) is 0 Å². The molecule has 0 bridgehead atoms. The Bertz CT molecular complexity index is 1180. The minimum atomic E-state index is -0.341. The van der Waals surface area contributed by atoms with E-state index in [0.717, 1.165) is 43.0 Å². The van der Waals surface area contributed by atoms with Crippen molar-refractivity contribution >= 4 is 34.3 Å². The Morgan fingerprint density at radius 2 is 1.70 bits per heavy atom.